The van der Waals surface area contributed by atoms with Gasteiger partial charge in [-0.15, -0.1) is 0 Å². The van der Waals surface area contributed by atoms with Crippen LogP contribution in [0.5, 0.6) is 0 Å². The highest BCUT2D eigenvalue weighted by molar-refractivity contribution is 5.76. The van der Waals surface area contributed by atoms with Crippen molar-refractivity contribution >= 4 is 11.9 Å². The summed E-state index contributed by atoms with van der Waals surface area (Å²) in [5.74, 6) is -2.00. The molecule has 0 aromatic rings. The zero-order chi connectivity index (χ0) is 22.8. The minimum atomic E-state index is -1.36. The van der Waals surface area contributed by atoms with Crippen molar-refractivity contribution in [2.45, 2.75) is 84.8 Å². The second kappa shape index (κ2) is 17.5. The van der Waals surface area contributed by atoms with Crippen molar-refractivity contribution in [1.82, 2.24) is 0 Å². The van der Waals surface area contributed by atoms with Crippen LogP contribution < -0.4 is 0 Å². The highest BCUT2D eigenvalue weighted by atomic mass is 16.5. The molecular formula is C22H42O8. The number of hydrogen-bond donors (Lipinski definition) is 2. The molecule has 2 unspecified atom stereocenters. The van der Waals surface area contributed by atoms with Crippen LogP contribution in [0.1, 0.15) is 72.6 Å². The van der Waals surface area contributed by atoms with E-state index in [-0.39, 0.29) is 32.5 Å². The zero-order valence-corrected chi connectivity index (χ0v) is 19.2. The van der Waals surface area contributed by atoms with Gasteiger partial charge in [-0.25, -0.2) is 0 Å². The van der Waals surface area contributed by atoms with Crippen LogP contribution in [0.25, 0.3) is 0 Å². The SMILES string of the molecule is CCCCOCCOC(C)C(CCCC(=O)O)(C(=O)O)C(C)OCCOCCCC. The third-order valence-electron chi connectivity index (χ3n) is 5.31. The van der Waals surface area contributed by atoms with Crippen LogP contribution in [-0.4, -0.2) is 74.0 Å². The first-order valence-corrected chi connectivity index (χ1v) is 11.2. The van der Waals surface area contributed by atoms with E-state index in [2.05, 4.69) is 13.8 Å². The fraction of sp³-hybridized carbons (Fsp3) is 0.909. The predicted octanol–water partition coefficient (Wildman–Crippen LogP) is 3.76. The summed E-state index contributed by atoms with van der Waals surface area (Å²) in [5.41, 5.74) is -1.36. The lowest BCUT2D eigenvalue weighted by atomic mass is 9.73. The van der Waals surface area contributed by atoms with Crippen LogP contribution in [0.4, 0.5) is 0 Å². The van der Waals surface area contributed by atoms with Crippen molar-refractivity contribution < 1.29 is 38.7 Å². The standard InChI is InChI=1S/C22H42O8/c1-5-7-12-27-14-16-29-18(3)22(21(25)26,11-9-10-20(23)24)19(4)30-17-15-28-13-8-6-2/h18-19H,5-17H2,1-4H3,(H,23,24)(H,25,26). The number of ether oxygens (including phenoxy) is 4. The molecule has 0 saturated carbocycles. The summed E-state index contributed by atoms with van der Waals surface area (Å²) in [5, 5.41) is 19.1. The second-order valence-electron chi connectivity index (χ2n) is 7.55. The Bertz CT molecular complexity index is 432. The minimum Gasteiger partial charge on any atom is -0.481 e. The third-order valence-corrected chi connectivity index (χ3v) is 5.31. The van der Waals surface area contributed by atoms with E-state index in [4.69, 9.17) is 24.1 Å². The molecule has 0 bridgehead atoms. The Morgan fingerprint density at radius 3 is 1.60 bits per heavy atom. The third kappa shape index (κ3) is 11.2. The number of carboxylic acid groups (broad SMARTS) is 2. The molecule has 30 heavy (non-hydrogen) atoms. The molecule has 0 aliphatic carbocycles. The largest absolute Gasteiger partial charge is 0.481 e. The van der Waals surface area contributed by atoms with Gasteiger partial charge >= 0.3 is 11.9 Å². The summed E-state index contributed by atoms with van der Waals surface area (Å²) in [6.45, 7) is 10.2. The maximum atomic E-state index is 12.4. The van der Waals surface area contributed by atoms with E-state index in [1.165, 1.54) is 0 Å². The molecule has 0 amide bonds. The summed E-state index contributed by atoms with van der Waals surface area (Å²) in [7, 11) is 0. The van der Waals surface area contributed by atoms with Gasteiger partial charge in [-0.2, -0.15) is 0 Å². The number of unbranched alkanes of at least 4 members (excludes halogenated alkanes) is 2. The Kier molecular flexibility index (Phi) is 16.7. The lowest BCUT2D eigenvalue weighted by Crippen LogP contribution is -2.51. The molecule has 2 N–H and O–H groups in total. The van der Waals surface area contributed by atoms with E-state index in [9.17, 15) is 14.7 Å². The fourth-order valence-electron chi connectivity index (χ4n) is 3.29. The average molecular weight is 435 g/mol. The molecule has 2 atom stereocenters. The highest BCUT2D eigenvalue weighted by Crippen LogP contribution is 2.37. The maximum absolute atomic E-state index is 12.4. The zero-order valence-electron chi connectivity index (χ0n) is 19.2. The molecule has 0 aliphatic heterocycles. The topological polar surface area (TPSA) is 112 Å². The van der Waals surface area contributed by atoms with Gasteiger partial charge in [0.1, 0.15) is 5.41 Å². The van der Waals surface area contributed by atoms with E-state index in [0.29, 0.717) is 26.4 Å². The molecule has 8 heteroatoms. The van der Waals surface area contributed by atoms with Gasteiger partial charge in [0, 0.05) is 19.6 Å². The summed E-state index contributed by atoms with van der Waals surface area (Å²) >= 11 is 0. The summed E-state index contributed by atoms with van der Waals surface area (Å²) in [6.07, 6.45) is 2.94. The lowest BCUT2D eigenvalue weighted by Gasteiger charge is -2.39. The van der Waals surface area contributed by atoms with E-state index in [1.54, 1.807) is 13.8 Å². The first-order chi connectivity index (χ1) is 14.3. The van der Waals surface area contributed by atoms with Gasteiger partial charge < -0.3 is 29.2 Å². The van der Waals surface area contributed by atoms with Crippen molar-refractivity contribution in [1.29, 1.82) is 0 Å². The Balaban J connectivity index is 4.96. The van der Waals surface area contributed by atoms with Crippen LogP contribution in [0.15, 0.2) is 0 Å². The number of hydrogen-bond acceptors (Lipinski definition) is 6. The molecule has 8 nitrogen and oxygen atoms in total. The van der Waals surface area contributed by atoms with Crippen LogP contribution in [0, 0.1) is 5.41 Å². The van der Waals surface area contributed by atoms with E-state index < -0.39 is 29.6 Å². The number of carbonyl (C=O) groups is 2. The van der Waals surface area contributed by atoms with Crippen LogP contribution >= 0.6 is 0 Å². The molecule has 0 heterocycles. The average Bonchev–Trinajstić information content (AvgIpc) is 2.69. The first-order valence-electron chi connectivity index (χ1n) is 11.2. The Morgan fingerprint density at radius 2 is 1.23 bits per heavy atom. The number of carboxylic acids is 2. The van der Waals surface area contributed by atoms with Crippen molar-refractivity contribution in [2.24, 2.45) is 5.41 Å². The van der Waals surface area contributed by atoms with Crippen LogP contribution in [-0.2, 0) is 28.5 Å². The van der Waals surface area contributed by atoms with E-state index >= 15 is 0 Å². The van der Waals surface area contributed by atoms with Gasteiger partial charge in [-0.1, -0.05) is 26.7 Å². The smallest absolute Gasteiger partial charge is 0.314 e. The highest BCUT2D eigenvalue weighted by Gasteiger charge is 2.49. The minimum absolute atomic E-state index is 0.102. The fourth-order valence-corrected chi connectivity index (χ4v) is 3.29. The van der Waals surface area contributed by atoms with E-state index in [0.717, 1.165) is 25.7 Å². The van der Waals surface area contributed by atoms with E-state index in [1.807, 2.05) is 0 Å². The molecule has 0 saturated heterocycles. The Labute approximate surface area is 181 Å². The second-order valence-corrected chi connectivity index (χ2v) is 7.55. The number of aliphatic carboxylic acids is 2. The Morgan fingerprint density at radius 1 is 0.767 bits per heavy atom. The Hall–Kier alpha value is -1.22. The molecule has 0 radical (unpaired) electrons. The van der Waals surface area contributed by atoms with Gasteiger partial charge in [-0.05, 0) is 39.5 Å². The van der Waals surface area contributed by atoms with Crippen LogP contribution in [0.3, 0.4) is 0 Å². The van der Waals surface area contributed by atoms with Crippen molar-refractivity contribution in [3.8, 4) is 0 Å². The monoisotopic (exact) mass is 434 g/mol. The molecule has 0 spiro atoms. The molecule has 0 aromatic heterocycles. The summed E-state index contributed by atoms with van der Waals surface area (Å²) < 4.78 is 22.6. The molecule has 0 rings (SSSR count). The molecule has 0 aliphatic rings. The van der Waals surface area contributed by atoms with Gasteiger partial charge in [0.05, 0.1) is 38.6 Å². The van der Waals surface area contributed by atoms with Gasteiger partial charge in [0.15, 0.2) is 0 Å². The normalized spacial score (nSPS) is 15.5. The molecule has 0 aromatic carbocycles. The van der Waals surface area contributed by atoms with Crippen molar-refractivity contribution in [3.63, 3.8) is 0 Å². The summed E-state index contributed by atoms with van der Waals surface area (Å²) in [4.78, 5) is 23.3. The lowest BCUT2D eigenvalue weighted by molar-refractivity contribution is -0.181. The maximum Gasteiger partial charge on any atom is 0.314 e. The summed E-state index contributed by atoms with van der Waals surface area (Å²) in [6, 6.07) is 0. The quantitative estimate of drug-likeness (QED) is 0.263. The predicted molar refractivity (Wildman–Crippen MR) is 114 cm³/mol. The molecule has 0 fully saturated rings. The van der Waals surface area contributed by atoms with Gasteiger partial charge in [0.2, 0.25) is 0 Å². The van der Waals surface area contributed by atoms with Crippen molar-refractivity contribution in [2.75, 3.05) is 39.6 Å². The number of rotatable bonds is 21. The van der Waals surface area contributed by atoms with Gasteiger partial charge in [-0.3, -0.25) is 9.59 Å². The molecular weight excluding hydrogens is 392 g/mol. The molecule has 178 valence electrons. The van der Waals surface area contributed by atoms with Crippen molar-refractivity contribution in [3.05, 3.63) is 0 Å². The van der Waals surface area contributed by atoms with Crippen LogP contribution in [0.2, 0.25) is 0 Å². The van der Waals surface area contributed by atoms with Gasteiger partial charge in [0.25, 0.3) is 0 Å². The first kappa shape index (κ1) is 28.8.